The maximum absolute atomic E-state index is 12.6. The van der Waals surface area contributed by atoms with Crippen LogP contribution in [0.1, 0.15) is 44.9 Å². The second-order valence-electron chi connectivity index (χ2n) is 7.39. The van der Waals surface area contributed by atoms with Gasteiger partial charge < -0.3 is 15.0 Å². The number of amides is 2. The van der Waals surface area contributed by atoms with Gasteiger partial charge in [0.05, 0.1) is 18.6 Å². The monoisotopic (exact) mass is 405 g/mol. The number of carbonyl (C=O) groups is 2. The molecule has 1 saturated carbocycles. The summed E-state index contributed by atoms with van der Waals surface area (Å²) in [5, 5.41) is 11.7. The normalized spacial score (nSPS) is 13.4. The van der Waals surface area contributed by atoms with Crippen LogP contribution in [0.25, 0.3) is 0 Å². The number of anilines is 2. The van der Waals surface area contributed by atoms with Crippen molar-refractivity contribution in [3.05, 3.63) is 54.6 Å². The minimum atomic E-state index is -0.221. The molecule has 0 spiro atoms. The van der Waals surface area contributed by atoms with Crippen molar-refractivity contribution in [2.75, 3.05) is 16.8 Å². The lowest BCUT2D eigenvalue weighted by atomic mass is 10.2. The van der Waals surface area contributed by atoms with Crippen LogP contribution in [0.4, 0.5) is 11.4 Å². The predicted octanol–water partition coefficient (Wildman–Crippen LogP) is 4.67. The molecule has 6 nitrogen and oxygen atoms in total. The number of nitrogens with zero attached hydrogens (tertiary/aromatic N) is 2. The first-order valence-corrected chi connectivity index (χ1v) is 10.4. The molecular weight excluding hydrogens is 378 g/mol. The number of benzene rings is 2. The van der Waals surface area contributed by atoms with E-state index in [4.69, 9.17) is 10.00 Å². The van der Waals surface area contributed by atoms with Crippen molar-refractivity contribution in [2.24, 2.45) is 0 Å². The molecule has 2 amide bonds. The highest BCUT2D eigenvalue weighted by molar-refractivity contribution is 5.98. The van der Waals surface area contributed by atoms with E-state index < -0.39 is 0 Å². The fourth-order valence-corrected chi connectivity index (χ4v) is 3.56. The molecule has 3 rings (SSSR count). The average molecular weight is 405 g/mol. The molecular formula is C24H27N3O3. The molecule has 0 unspecified atom stereocenters. The zero-order valence-corrected chi connectivity index (χ0v) is 17.0. The van der Waals surface area contributed by atoms with Gasteiger partial charge in [0.1, 0.15) is 5.75 Å². The summed E-state index contributed by atoms with van der Waals surface area (Å²) >= 11 is 0. The topological polar surface area (TPSA) is 82.4 Å². The summed E-state index contributed by atoms with van der Waals surface area (Å²) in [6, 6.07) is 18.6. The van der Waals surface area contributed by atoms with Crippen LogP contribution in [-0.4, -0.2) is 24.5 Å². The molecule has 0 atom stereocenters. The molecule has 2 aromatic carbocycles. The summed E-state index contributed by atoms with van der Waals surface area (Å²) in [7, 11) is 0. The third-order valence-electron chi connectivity index (χ3n) is 5.13. The summed E-state index contributed by atoms with van der Waals surface area (Å²) in [6.07, 6.45) is 5.32. The van der Waals surface area contributed by atoms with Crippen molar-refractivity contribution >= 4 is 23.2 Å². The van der Waals surface area contributed by atoms with Crippen molar-refractivity contribution in [3.8, 4) is 11.8 Å². The number of carbonyl (C=O) groups excluding carboxylic acids is 2. The lowest BCUT2D eigenvalue weighted by Gasteiger charge is -2.21. The van der Waals surface area contributed by atoms with Gasteiger partial charge in [0.25, 0.3) is 0 Å². The Morgan fingerprint density at radius 3 is 2.40 bits per heavy atom. The van der Waals surface area contributed by atoms with E-state index in [2.05, 4.69) is 11.4 Å². The summed E-state index contributed by atoms with van der Waals surface area (Å²) in [6.45, 7) is 0.309. The van der Waals surface area contributed by atoms with E-state index in [-0.39, 0.29) is 31.1 Å². The Hall–Kier alpha value is -3.33. The Balaban J connectivity index is 1.49. The van der Waals surface area contributed by atoms with E-state index in [0.717, 1.165) is 24.3 Å². The van der Waals surface area contributed by atoms with E-state index >= 15 is 0 Å². The molecule has 0 aliphatic heterocycles. The first-order chi connectivity index (χ1) is 14.7. The highest BCUT2D eigenvalue weighted by Gasteiger charge is 2.18. The maximum atomic E-state index is 12.6. The van der Waals surface area contributed by atoms with Crippen LogP contribution in [0.15, 0.2) is 54.6 Å². The van der Waals surface area contributed by atoms with E-state index in [1.165, 1.54) is 12.8 Å². The Kier molecular flexibility index (Phi) is 7.85. The number of para-hydroxylation sites is 1. The predicted molar refractivity (Wildman–Crippen MR) is 116 cm³/mol. The SMILES string of the molecule is N#CCCN(C(=O)CCC(=O)Nc1ccc(OC2CCCC2)cc1)c1ccccc1. The van der Waals surface area contributed by atoms with Crippen LogP contribution in [0.3, 0.4) is 0 Å². The third-order valence-corrected chi connectivity index (χ3v) is 5.13. The van der Waals surface area contributed by atoms with Gasteiger partial charge >= 0.3 is 0 Å². The molecule has 0 radical (unpaired) electrons. The Labute approximate surface area is 177 Å². The van der Waals surface area contributed by atoms with Crippen molar-refractivity contribution in [2.45, 2.75) is 51.0 Å². The van der Waals surface area contributed by atoms with Crippen molar-refractivity contribution in [1.29, 1.82) is 5.26 Å². The van der Waals surface area contributed by atoms with Crippen LogP contribution in [0, 0.1) is 11.3 Å². The number of hydrogen-bond acceptors (Lipinski definition) is 4. The molecule has 1 fully saturated rings. The van der Waals surface area contributed by atoms with Gasteiger partial charge in [0.2, 0.25) is 11.8 Å². The van der Waals surface area contributed by atoms with E-state index in [9.17, 15) is 9.59 Å². The first-order valence-electron chi connectivity index (χ1n) is 10.4. The molecule has 0 saturated heterocycles. The van der Waals surface area contributed by atoms with E-state index in [0.29, 0.717) is 18.3 Å². The quantitative estimate of drug-likeness (QED) is 0.657. The zero-order valence-electron chi connectivity index (χ0n) is 17.0. The molecule has 0 heterocycles. The standard InChI is InChI=1S/C24H27N3O3/c25-17-6-18-27(20-7-2-1-3-8-20)24(29)16-15-23(28)26-19-11-13-22(14-12-19)30-21-9-4-5-10-21/h1-3,7-8,11-14,21H,4-6,9-10,15-16,18H2,(H,26,28). The molecule has 156 valence electrons. The van der Waals surface area contributed by atoms with Crippen LogP contribution in [0.5, 0.6) is 5.75 Å². The smallest absolute Gasteiger partial charge is 0.227 e. The molecule has 1 aliphatic rings. The summed E-state index contributed by atoms with van der Waals surface area (Å²) in [4.78, 5) is 26.5. The van der Waals surface area contributed by atoms with Gasteiger partial charge in [-0.15, -0.1) is 0 Å². The van der Waals surface area contributed by atoms with Crippen molar-refractivity contribution in [1.82, 2.24) is 0 Å². The number of ether oxygens (including phenoxy) is 1. The van der Waals surface area contributed by atoms with Crippen molar-refractivity contribution < 1.29 is 14.3 Å². The van der Waals surface area contributed by atoms with Crippen LogP contribution < -0.4 is 15.0 Å². The van der Waals surface area contributed by atoms with Crippen LogP contribution in [0.2, 0.25) is 0 Å². The van der Waals surface area contributed by atoms with Crippen LogP contribution in [-0.2, 0) is 9.59 Å². The fourth-order valence-electron chi connectivity index (χ4n) is 3.56. The number of nitriles is 1. The minimum Gasteiger partial charge on any atom is -0.490 e. The van der Waals surface area contributed by atoms with Gasteiger partial charge in [-0.25, -0.2) is 0 Å². The second kappa shape index (κ2) is 11.0. The summed E-state index contributed by atoms with van der Waals surface area (Å²) in [5.74, 6) is 0.416. The van der Waals surface area contributed by atoms with Crippen molar-refractivity contribution in [3.63, 3.8) is 0 Å². The average Bonchev–Trinajstić information content (AvgIpc) is 3.28. The minimum absolute atomic E-state index is 0.0784. The third kappa shape index (κ3) is 6.35. The molecule has 1 N–H and O–H groups in total. The van der Waals surface area contributed by atoms with Gasteiger partial charge in [-0.2, -0.15) is 5.26 Å². The van der Waals surface area contributed by atoms with Gasteiger partial charge in [0.15, 0.2) is 0 Å². The maximum Gasteiger partial charge on any atom is 0.227 e. The fraction of sp³-hybridized carbons (Fsp3) is 0.375. The summed E-state index contributed by atoms with van der Waals surface area (Å²) < 4.78 is 5.93. The molecule has 30 heavy (non-hydrogen) atoms. The summed E-state index contributed by atoms with van der Waals surface area (Å²) in [5.41, 5.74) is 1.41. The van der Waals surface area contributed by atoms with Gasteiger partial charge in [0, 0.05) is 30.8 Å². The van der Waals surface area contributed by atoms with Gasteiger partial charge in [-0.05, 0) is 62.1 Å². The Morgan fingerprint density at radius 2 is 1.73 bits per heavy atom. The largest absolute Gasteiger partial charge is 0.490 e. The van der Waals surface area contributed by atoms with Gasteiger partial charge in [-0.3, -0.25) is 9.59 Å². The molecule has 1 aliphatic carbocycles. The lowest BCUT2D eigenvalue weighted by molar-refractivity contribution is -0.122. The molecule has 0 aromatic heterocycles. The van der Waals surface area contributed by atoms with Crippen LogP contribution >= 0.6 is 0 Å². The highest BCUT2D eigenvalue weighted by atomic mass is 16.5. The number of rotatable bonds is 9. The lowest BCUT2D eigenvalue weighted by Crippen LogP contribution is -2.32. The zero-order chi connectivity index (χ0) is 21.2. The van der Waals surface area contributed by atoms with E-state index in [1.807, 2.05) is 54.6 Å². The Bertz CT molecular complexity index is 869. The Morgan fingerprint density at radius 1 is 1.03 bits per heavy atom. The molecule has 0 bridgehead atoms. The first kappa shape index (κ1) is 21.4. The van der Waals surface area contributed by atoms with E-state index in [1.54, 1.807) is 4.90 Å². The van der Waals surface area contributed by atoms with Gasteiger partial charge in [-0.1, -0.05) is 18.2 Å². The number of nitrogens with one attached hydrogen (secondary N) is 1. The number of hydrogen-bond donors (Lipinski definition) is 1. The molecule has 2 aromatic rings. The molecule has 6 heteroatoms. The second-order valence-corrected chi connectivity index (χ2v) is 7.39. The highest BCUT2D eigenvalue weighted by Crippen LogP contribution is 2.25.